The van der Waals surface area contributed by atoms with Crippen LogP contribution in [0.1, 0.15) is 34.2 Å². The summed E-state index contributed by atoms with van der Waals surface area (Å²) in [7, 11) is 2.09. The molecule has 0 aliphatic heterocycles. The van der Waals surface area contributed by atoms with Gasteiger partial charge in [0.25, 0.3) is 0 Å². The zero-order chi connectivity index (χ0) is 14.5. The second kappa shape index (κ2) is 6.97. The van der Waals surface area contributed by atoms with E-state index in [-0.39, 0.29) is 6.10 Å². The first kappa shape index (κ1) is 15.2. The normalized spacial score (nSPS) is 12.8. The third-order valence-electron chi connectivity index (χ3n) is 3.59. The minimum Gasteiger partial charge on any atom is -0.388 e. The molecule has 0 bridgehead atoms. The van der Waals surface area contributed by atoms with E-state index in [4.69, 9.17) is 0 Å². The highest BCUT2D eigenvalue weighted by Gasteiger charge is 2.12. The van der Waals surface area contributed by atoms with Gasteiger partial charge in [-0.3, -0.25) is 0 Å². The number of hydrogen-bond acceptors (Lipinski definition) is 4. The molecule has 4 heteroatoms. The van der Waals surface area contributed by atoms with E-state index in [2.05, 4.69) is 16.9 Å². The maximum Gasteiger partial charge on any atom is 0.0804 e. The van der Waals surface area contributed by atoms with E-state index in [9.17, 15) is 5.11 Å². The molecule has 1 aromatic heterocycles. The number of hydrogen-bond donors (Lipinski definition) is 1. The van der Waals surface area contributed by atoms with Gasteiger partial charge in [0.15, 0.2) is 0 Å². The van der Waals surface area contributed by atoms with Gasteiger partial charge < -0.3 is 10.0 Å². The van der Waals surface area contributed by atoms with Gasteiger partial charge in [-0.2, -0.15) is 0 Å². The Morgan fingerprint density at radius 1 is 1.30 bits per heavy atom. The Kier molecular flexibility index (Phi) is 5.29. The van der Waals surface area contributed by atoms with Crippen LogP contribution in [0.25, 0.3) is 0 Å². The highest BCUT2D eigenvalue weighted by atomic mass is 32.1. The molecule has 0 saturated carbocycles. The van der Waals surface area contributed by atoms with Crippen LogP contribution in [-0.2, 0) is 6.54 Å². The molecule has 1 unspecified atom stereocenters. The third kappa shape index (κ3) is 3.88. The number of aryl methyl sites for hydroxylation is 2. The second-order valence-electron chi connectivity index (χ2n) is 5.26. The van der Waals surface area contributed by atoms with Crippen LogP contribution in [0.4, 0.5) is 0 Å². The van der Waals surface area contributed by atoms with Crippen LogP contribution in [-0.4, -0.2) is 28.6 Å². The first-order valence-electron chi connectivity index (χ1n) is 6.89. The van der Waals surface area contributed by atoms with Crippen molar-refractivity contribution in [1.82, 2.24) is 9.88 Å². The van der Waals surface area contributed by atoms with Crippen LogP contribution in [0, 0.1) is 13.8 Å². The van der Waals surface area contributed by atoms with Crippen LogP contribution >= 0.6 is 11.3 Å². The van der Waals surface area contributed by atoms with Crippen LogP contribution < -0.4 is 0 Å². The van der Waals surface area contributed by atoms with Gasteiger partial charge in [0.05, 0.1) is 17.3 Å². The Bertz CT molecular complexity index is 553. The van der Waals surface area contributed by atoms with Gasteiger partial charge >= 0.3 is 0 Å². The molecule has 1 N–H and O–H groups in total. The molecule has 3 nitrogen and oxygen atoms in total. The molecule has 108 valence electrons. The van der Waals surface area contributed by atoms with Crippen molar-refractivity contribution in [1.29, 1.82) is 0 Å². The van der Waals surface area contributed by atoms with E-state index < -0.39 is 0 Å². The van der Waals surface area contributed by atoms with Crippen molar-refractivity contribution in [3.8, 4) is 0 Å². The van der Waals surface area contributed by atoms with E-state index in [0.29, 0.717) is 0 Å². The monoisotopic (exact) mass is 290 g/mol. The number of aliphatic hydroxyl groups excluding tert-OH is 1. The van der Waals surface area contributed by atoms with Crippen molar-refractivity contribution >= 4 is 11.3 Å². The number of nitrogens with zero attached hydrogens (tertiary/aromatic N) is 2. The summed E-state index contributed by atoms with van der Waals surface area (Å²) >= 11 is 1.70. The Morgan fingerprint density at radius 3 is 2.70 bits per heavy atom. The quantitative estimate of drug-likeness (QED) is 0.886. The van der Waals surface area contributed by atoms with Crippen molar-refractivity contribution in [2.75, 3.05) is 13.6 Å². The van der Waals surface area contributed by atoms with E-state index in [1.54, 1.807) is 11.3 Å². The maximum absolute atomic E-state index is 10.3. The van der Waals surface area contributed by atoms with Gasteiger partial charge in [0, 0.05) is 18.0 Å². The highest BCUT2D eigenvalue weighted by molar-refractivity contribution is 7.09. The molecule has 0 radical (unpaired) electrons. The Hall–Kier alpha value is -1.23. The SMILES string of the molecule is Cc1ccccc1C(O)CCN(C)Cc1scnc1C. The fraction of sp³-hybridized carbons (Fsp3) is 0.438. The zero-order valence-electron chi connectivity index (χ0n) is 12.3. The number of rotatable bonds is 6. The smallest absolute Gasteiger partial charge is 0.0804 e. The molecule has 0 amide bonds. The molecule has 0 fully saturated rings. The molecule has 1 aromatic carbocycles. The lowest BCUT2D eigenvalue weighted by Crippen LogP contribution is -2.21. The van der Waals surface area contributed by atoms with Crippen molar-refractivity contribution in [3.63, 3.8) is 0 Å². The molecule has 0 aliphatic rings. The van der Waals surface area contributed by atoms with Crippen LogP contribution in [0.15, 0.2) is 29.8 Å². The number of benzene rings is 1. The maximum atomic E-state index is 10.3. The topological polar surface area (TPSA) is 36.4 Å². The fourth-order valence-corrected chi connectivity index (χ4v) is 3.12. The highest BCUT2D eigenvalue weighted by Crippen LogP contribution is 2.21. The molecule has 20 heavy (non-hydrogen) atoms. The molecule has 2 rings (SSSR count). The van der Waals surface area contributed by atoms with Crippen molar-refractivity contribution in [3.05, 3.63) is 51.5 Å². The summed E-state index contributed by atoms with van der Waals surface area (Å²) in [5.41, 5.74) is 5.19. The molecule has 0 spiro atoms. The fourth-order valence-electron chi connectivity index (χ4n) is 2.26. The van der Waals surface area contributed by atoms with Crippen molar-refractivity contribution in [2.24, 2.45) is 0 Å². The van der Waals surface area contributed by atoms with Crippen molar-refractivity contribution in [2.45, 2.75) is 32.9 Å². The van der Waals surface area contributed by atoms with Crippen LogP contribution in [0.3, 0.4) is 0 Å². The van der Waals surface area contributed by atoms with Gasteiger partial charge in [-0.05, 0) is 38.4 Å². The average molecular weight is 290 g/mol. The summed E-state index contributed by atoms with van der Waals surface area (Å²) in [6.07, 6.45) is 0.361. The van der Waals surface area contributed by atoms with E-state index in [0.717, 1.165) is 36.3 Å². The Balaban J connectivity index is 1.86. The lowest BCUT2D eigenvalue weighted by molar-refractivity contribution is 0.147. The first-order valence-corrected chi connectivity index (χ1v) is 7.77. The van der Waals surface area contributed by atoms with Gasteiger partial charge in [-0.1, -0.05) is 24.3 Å². The summed E-state index contributed by atoms with van der Waals surface area (Å²) in [5.74, 6) is 0. The van der Waals surface area contributed by atoms with Gasteiger partial charge in [-0.15, -0.1) is 11.3 Å². The minimum absolute atomic E-state index is 0.388. The average Bonchev–Trinajstić information content (AvgIpc) is 2.82. The molecular formula is C16H22N2OS. The number of aromatic nitrogens is 1. The second-order valence-corrected chi connectivity index (χ2v) is 6.20. The molecule has 1 atom stereocenters. The summed E-state index contributed by atoms with van der Waals surface area (Å²) in [4.78, 5) is 7.81. The summed E-state index contributed by atoms with van der Waals surface area (Å²) in [6.45, 7) is 5.86. The van der Waals surface area contributed by atoms with E-state index in [1.165, 1.54) is 4.88 Å². The summed E-state index contributed by atoms with van der Waals surface area (Å²) < 4.78 is 0. The van der Waals surface area contributed by atoms with E-state index in [1.807, 2.05) is 43.6 Å². The third-order valence-corrected chi connectivity index (χ3v) is 4.51. The molecule has 0 aliphatic carbocycles. The zero-order valence-corrected chi connectivity index (χ0v) is 13.2. The van der Waals surface area contributed by atoms with Gasteiger partial charge in [0.2, 0.25) is 0 Å². The predicted molar refractivity (Wildman–Crippen MR) is 83.9 cm³/mol. The molecule has 1 heterocycles. The summed E-state index contributed by atoms with van der Waals surface area (Å²) in [6, 6.07) is 8.04. The standard InChI is InChI=1S/C16H22N2OS/c1-12-6-4-5-7-14(12)15(19)8-9-18(3)10-16-13(2)17-11-20-16/h4-7,11,15,19H,8-10H2,1-3H3. The number of thiazole rings is 1. The van der Waals surface area contributed by atoms with Crippen LogP contribution in [0.2, 0.25) is 0 Å². The Morgan fingerprint density at radius 2 is 2.05 bits per heavy atom. The first-order chi connectivity index (χ1) is 9.58. The lowest BCUT2D eigenvalue weighted by atomic mass is 10.0. The molecule has 0 saturated heterocycles. The Labute approximate surface area is 124 Å². The number of aliphatic hydroxyl groups is 1. The predicted octanol–water partition coefficient (Wildman–Crippen LogP) is 3.32. The van der Waals surface area contributed by atoms with E-state index >= 15 is 0 Å². The van der Waals surface area contributed by atoms with Crippen LogP contribution in [0.5, 0.6) is 0 Å². The van der Waals surface area contributed by atoms with Crippen molar-refractivity contribution < 1.29 is 5.11 Å². The summed E-state index contributed by atoms with van der Waals surface area (Å²) in [5, 5.41) is 10.3. The van der Waals surface area contributed by atoms with Gasteiger partial charge in [-0.25, -0.2) is 4.98 Å². The lowest BCUT2D eigenvalue weighted by Gasteiger charge is -2.19. The molecule has 2 aromatic rings. The largest absolute Gasteiger partial charge is 0.388 e. The van der Waals surface area contributed by atoms with Gasteiger partial charge in [0.1, 0.15) is 0 Å². The molecular weight excluding hydrogens is 268 g/mol. The minimum atomic E-state index is -0.388.